The summed E-state index contributed by atoms with van der Waals surface area (Å²) >= 11 is 0. The molecule has 2 N–H and O–H groups in total. The molecule has 1 aromatic heterocycles. The number of aliphatic carboxylic acids is 1. The fourth-order valence-electron chi connectivity index (χ4n) is 1.52. The van der Waals surface area contributed by atoms with Gasteiger partial charge in [0.2, 0.25) is 10.0 Å². The highest BCUT2D eigenvalue weighted by Crippen LogP contribution is 2.03. The van der Waals surface area contributed by atoms with Crippen LogP contribution < -0.4 is 16.0 Å². The highest BCUT2D eigenvalue weighted by atomic mass is 32.2. The zero-order valence-electron chi connectivity index (χ0n) is 11.2. The molecule has 1 rings (SSSR count). The topological polar surface area (TPSA) is 127 Å². The van der Waals surface area contributed by atoms with Crippen molar-refractivity contribution in [1.29, 1.82) is 0 Å². The maximum absolute atomic E-state index is 12.0. The Bertz CT molecular complexity index is 745. The van der Waals surface area contributed by atoms with E-state index in [0.29, 0.717) is 4.57 Å². The van der Waals surface area contributed by atoms with Crippen molar-refractivity contribution in [1.82, 2.24) is 13.9 Å². The monoisotopic (exact) mass is 305 g/mol. The molecule has 0 radical (unpaired) electrons. The lowest BCUT2D eigenvalue weighted by atomic mass is 10.2. The number of hydrogen-bond acceptors (Lipinski definition) is 5. The number of carbonyl (C=O) groups is 1. The van der Waals surface area contributed by atoms with Crippen LogP contribution in [0.3, 0.4) is 0 Å². The molecule has 0 saturated carbocycles. The average Bonchev–Trinajstić information content (AvgIpc) is 2.37. The average molecular weight is 305 g/mol. The molecule has 1 atom stereocenters. The Morgan fingerprint density at radius 1 is 1.40 bits per heavy atom. The number of nitrogens with one attached hydrogen (secondary N) is 1. The van der Waals surface area contributed by atoms with Crippen LogP contribution >= 0.6 is 0 Å². The Labute approximate surface area is 114 Å². The molecule has 0 aliphatic rings. The van der Waals surface area contributed by atoms with Gasteiger partial charge in [0.05, 0.1) is 0 Å². The van der Waals surface area contributed by atoms with E-state index in [1.54, 1.807) is 0 Å². The zero-order chi connectivity index (χ0) is 15.7. The van der Waals surface area contributed by atoms with Crippen LogP contribution in [-0.2, 0) is 28.9 Å². The number of nitrogens with zero attached hydrogens (tertiary/aromatic N) is 2. The molecule has 0 spiro atoms. The van der Waals surface area contributed by atoms with E-state index in [4.69, 9.17) is 5.11 Å². The zero-order valence-corrected chi connectivity index (χ0v) is 12.0. The second kappa shape index (κ2) is 5.59. The normalized spacial score (nSPS) is 13.2. The third kappa shape index (κ3) is 2.96. The summed E-state index contributed by atoms with van der Waals surface area (Å²) in [6.45, 7) is 1.49. The molecule has 20 heavy (non-hydrogen) atoms. The summed E-state index contributed by atoms with van der Waals surface area (Å²) in [6, 6.07) is -1.35. The van der Waals surface area contributed by atoms with E-state index in [1.165, 1.54) is 14.0 Å². The summed E-state index contributed by atoms with van der Waals surface area (Å²) in [6.07, 6.45) is 0.877. The van der Waals surface area contributed by atoms with Gasteiger partial charge in [0.15, 0.2) is 4.90 Å². The standard InChI is InChI=1S/C10H15N3O6S/c1-4-6(9(15)16)11-20(18,19)7-5-12(2)10(17)13(3)8(7)14/h5-6,11H,4H2,1-3H3,(H,15,16). The van der Waals surface area contributed by atoms with Gasteiger partial charge >= 0.3 is 11.7 Å². The fourth-order valence-corrected chi connectivity index (χ4v) is 2.95. The molecule has 1 unspecified atom stereocenters. The summed E-state index contributed by atoms with van der Waals surface area (Å²) < 4.78 is 27.6. The van der Waals surface area contributed by atoms with Crippen LogP contribution in [0.15, 0.2) is 20.7 Å². The molecule has 9 nitrogen and oxygen atoms in total. The van der Waals surface area contributed by atoms with Crippen LogP contribution in [0.2, 0.25) is 0 Å². The third-order valence-electron chi connectivity index (χ3n) is 2.71. The Morgan fingerprint density at radius 2 is 1.95 bits per heavy atom. The van der Waals surface area contributed by atoms with Gasteiger partial charge in [-0.2, -0.15) is 4.72 Å². The minimum atomic E-state index is -4.33. The summed E-state index contributed by atoms with van der Waals surface area (Å²) in [5, 5.41) is 8.84. The molecule has 0 bridgehead atoms. The molecule has 0 aliphatic heterocycles. The second-order valence-corrected chi connectivity index (χ2v) is 5.85. The number of aromatic nitrogens is 2. The first-order valence-corrected chi connectivity index (χ1v) is 7.12. The Morgan fingerprint density at radius 3 is 2.40 bits per heavy atom. The quantitative estimate of drug-likeness (QED) is 0.662. The van der Waals surface area contributed by atoms with Crippen molar-refractivity contribution >= 4 is 16.0 Å². The smallest absolute Gasteiger partial charge is 0.330 e. The molecule has 0 saturated heterocycles. The van der Waals surface area contributed by atoms with Crippen molar-refractivity contribution in [2.24, 2.45) is 14.1 Å². The van der Waals surface area contributed by atoms with E-state index >= 15 is 0 Å². The van der Waals surface area contributed by atoms with Crippen molar-refractivity contribution in [2.45, 2.75) is 24.3 Å². The van der Waals surface area contributed by atoms with Gasteiger partial charge in [0.1, 0.15) is 6.04 Å². The molecular weight excluding hydrogens is 290 g/mol. The van der Waals surface area contributed by atoms with Gasteiger partial charge in [0, 0.05) is 20.3 Å². The highest BCUT2D eigenvalue weighted by molar-refractivity contribution is 7.89. The van der Waals surface area contributed by atoms with Crippen LogP contribution in [0, 0.1) is 0 Å². The minimum Gasteiger partial charge on any atom is -0.480 e. The number of aryl methyl sites for hydroxylation is 1. The minimum absolute atomic E-state index is 0.0145. The van der Waals surface area contributed by atoms with E-state index in [9.17, 15) is 22.8 Å². The lowest BCUT2D eigenvalue weighted by Gasteiger charge is -2.13. The van der Waals surface area contributed by atoms with Crippen molar-refractivity contribution in [2.75, 3.05) is 0 Å². The Hall–Kier alpha value is -1.94. The maximum Gasteiger partial charge on any atom is 0.330 e. The lowest BCUT2D eigenvalue weighted by molar-refractivity contribution is -0.139. The van der Waals surface area contributed by atoms with Gasteiger partial charge in [0.25, 0.3) is 5.56 Å². The molecule has 1 heterocycles. The predicted octanol–water partition coefficient (Wildman–Crippen LogP) is -1.77. The Kier molecular flexibility index (Phi) is 4.50. The van der Waals surface area contributed by atoms with Crippen molar-refractivity contribution in [3.05, 3.63) is 27.0 Å². The summed E-state index contributed by atoms with van der Waals surface area (Å²) in [7, 11) is -1.91. The van der Waals surface area contributed by atoms with Crippen LogP contribution in [-0.4, -0.2) is 34.7 Å². The first kappa shape index (κ1) is 16.1. The molecule has 10 heteroatoms. The lowest BCUT2D eigenvalue weighted by Crippen LogP contribution is -2.45. The Balaban J connectivity index is 3.41. The van der Waals surface area contributed by atoms with E-state index in [0.717, 1.165) is 17.8 Å². The number of sulfonamides is 1. The SMILES string of the molecule is CCC(NS(=O)(=O)c1cn(C)c(=O)n(C)c1=O)C(=O)O. The number of rotatable bonds is 5. The second-order valence-electron chi connectivity index (χ2n) is 4.17. The van der Waals surface area contributed by atoms with Crippen molar-refractivity contribution in [3.8, 4) is 0 Å². The molecule has 1 aromatic rings. The summed E-state index contributed by atoms with van der Waals surface area (Å²) in [4.78, 5) is 33.5. The maximum atomic E-state index is 12.0. The van der Waals surface area contributed by atoms with Gasteiger partial charge < -0.3 is 9.67 Å². The predicted molar refractivity (Wildman–Crippen MR) is 69.0 cm³/mol. The van der Waals surface area contributed by atoms with E-state index in [2.05, 4.69) is 0 Å². The highest BCUT2D eigenvalue weighted by Gasteiger charge is 2.27. The summed E-state index contributed by atoms with van der Waals surface area (Å²) in [5.41, 5.74) is -1.69. The van der Waals surface area contributed by atoms with Gasteiger partial charge in [-0.3, -0.25) is 14.2 Å². The van der Waals surface area contributed by atoms with E-state index in [1.807, 2.05) is 4.72 Å². The van der Waals surface area contributed by atoms with Gasteiger partial charge in [-0.15, -0.1) is 0 Å². The largest absolute Gasteiger partial charge is 0.480 e. The number of carboxylic acids is 1. The first-order valence-electron chi connectivity index (χ1n) is 5.63. The van der Waals surface area contributed by atoms with Gasteiger partial charge in [-0.25, -0.2) is 13.2 Å². The van der Waals surface area contributed by atoms with Crippen LogP contribution in [0.25, 0.3) is 0 Å². The molecule has 112 valence electrons. The van der Waals surface area contributed by atoms with Crippen LogP contribution in [0.1, 0.15) is 13.3 Å². The number of carboxylic acid groups (broad SMARTS) is 1. The van der Waals surface area contributed by atoms with Crippen molar-refractivity contribution < 1.29 is 18.3 Å². The molecular formula is C10H15N3O6S. The number of hydrogen-bond donors (Lipinski definition) is 2. The van der Waals surface area contributed by atoms with Crippen LogP contribution in [0.5, 0.6) is 0 Å². The molecule has 0 aliphatic carbocycles. The fraction of sp³-hybridized carbons (Fsp3) is 0.500. The van der Waals surface area contributed by atoms with Crippen LogP contribution in [0.4, 0.5) is 0 Å². The molecule has 0 amide bonds. The molecule has 0 aromatic carbocycles. The van der Waals surface area contributed by atoms with Gasteiger partial charge in [-0.05, 0) is 6.42 Å². The van der Waals surface area contributed by atoms with E-state index in [-0.39, 0.29) is 6.42 Å². The van der Waals surface area contributed by atoms with E-state index < -0.39 is 38.2 Å². The van der Waals surface area contributed by atoms with Gasteiger partial charge in [-0.1, -0.05) is 6.92 Å². The van der Waals surface area contributed by atoms with Crippen molar-refractivity contribution in [3.63, 3.8) is 0 Å². The third-order valence-corrected chi connectivity index (χ3v) is 4.16. The first-order chi connectivity index (χ1) is 9.11. The summed E-state index contributed by atoms with van der Waals surface area (Å²) in [5.74, 6) is -1.35. The molecule has 0 fully saturated rings.